The van der Waals surface area contributed by atoms with Crippen LogP contribution in [-0.4, -0.2) is 70.9 Å². The maximum atomic E-state index is 12.8. The Labute approximate surface area is 165 Å². The minimum absolute atomic E-state index is 0.307. The molecule has 2 aliphatic heterocycles. The van der Waals surface area contributed by atoms with Gasteiger partial charge in [-0.05, 0) is 43.9 Å². The van der Waals surface area contributed by atoms with Gasteiger partial charge in [0.25, 0.3) is 0 Å². The van der Waals surface area contributed by atoms with Crippen molar-refractivity contribution in [2.45, 2.75) is 45.2 Å². The van der Waals surface area contributed by atoms with E-state index in [0.29, 0.717) is 12.5 Å². The number of thiophene rings is 1. The smallest absolute Gasteiger partial charge is 0.236 e. The van der Waals surface area contributed by atoms with E-state index < -0.39 is 0 Å². The van der Waals surface area contributed by atoms with Gasteiger partial charge in [-0.15, -0.1) is 11.3 Å². The molecular weight excluding hydrogens is 356 g/mol. The number of piperazine rings is 1. The molecule has 0 radical (unpaired) electrons. The third kappa shape index (κ3) is 3.39. The number of aromatic nitrogens is 1. The van der Waals surface area contributed by atoms with E-state index in [0.717, 1.165) is 62.3 Å². The van der Waals surface area contributed by atoms with E-state index in [2.05, 4.69) is 26.8 Å². The summed E-state index contributed by atoms with van der Waals surface area (Å²) in [5, 5.41) is 1.32. The lowest BCUT2D eigenvalue weighted by Gasteiger charge is -2.43. The Morgan fingerprint density at radius 2 is 2.00 bits per heavy atom. The van der Waals surface area contributed by atoms with Crippen molar-refractivity contribution >= 4 is 27.5 Å². The number of nitrogens with zero attached hydrogens (tertiary/aromatic N) is 4. The fraction of sp³-hybridized carbons (Fsp3) is 0.619. The third-order valence-corrected chi connectivity index (χ3v) is 7.67. The standard InChI is InChI=1S/C21H28N4OS/c1-15-5-6-18-17-7-8-23(13-19(17)27-21(18)22-15)14-20(26)25-11-9-24(10-12-25)16-3-2-4-16/h5-6,16H,2-4,7-14H2,1H3. The van der Waals surface area contributed by atoms with Gasteiger partial charge in [0.05, 0.1) is 6.54 Å². The quantitative estimate of drug-likeness (QED) is 0.816. The fourth-order valence-corrected chi connectivity index (χ4v) is 5.94. The van der Waals surface area contributed by atoms with E-state index in [1.54, 1.807) is 0 Å². The monoisotopic (exact) mass is 384 g/mol. The van der Waals surface area contributed by atoms with Gasteiger partial charge >= 0.3 is 0 Å². The van der Waals surface area contributed by atoms with E-state index in [4.69, 9.17) is 4.98 Å². The van der Waals surface area contributed by atoms with Gasteiger partial charge in [0.1, 0.15) is 4.83 Å². The number of hydrogen-bond acceptors (Lipinski definition) is 5. The van der Waals surface area contributed by atoms with Gasteiger partial charge in [-0.2, -0.15) is 0 Å². The normalized spacial score (nSPS) is 22.0. The average molecular weight is 385 g/mol. The zero-order valence-electron chi connectivity index (χ0n) is 16.1. The first-order chi connectivity index (χ1) is 13.2. The molecular formula is C21H28N4OS. The second kappa shape index (κ2) is 7.15. The summed E-state index contributed by atoms with van der Waals surface area (Å²) in [6, 6.07) is 5.12. The number of carbonyl (C=O) groups is 1. The van der Waals surface area contributed by atoms with Crippen molar-refractivity contribution in [2.75, 3.05) is 39.3 Å². The highest BCUT2D eigenvalue weighted by Gasteiger charge is 2.30. The Hall–Kier alpha value is -1.50. The number of fused-ring (bicyclic) bond motifs is 3. The Balaban J connectivity index is 1.20. The van der Waals surface area contributed by atoms with E-state index in [-0.39, 0.29) is 0 Å². The Morgan fingerprint density at radius 3 is 2.74 bits per heavy atom. The molecule has 0 unspecified atom stereocenters. The van der Waals surface area contributed by atoms with Crippen LogP contribution in [0.4, 0.5) is 0 Å². The van der Waals surface area contributed by atoms with Crippen LogP contribution in [0.5, 0.6) is 0 Å². The highest BCUT2D eigenvalue weighted by Crippen LogP contribution is 2.34. The minimum Gasteiger partial charge on any atom is -0.339 e. The first-order valence-electron chi connectivity index (χ1n) is 10.3. The third-order valence-electron chi connectivity index (χ3n) is 6.54. The van der Waals surface area contributed by atoms with E-state index in [1.165, 1.54) is 35.1 Å². The first kappa shape index (κ1) is 17.6. The zero-order valence-corrected chi connectivity index (χ0v) is 16.9. The summed E-state index contributed by atoms with van der Waals surface area (Å²) < 4.78 is 0. The molecule has 0 bridgehead atoms. The molecule has 5 nitrogen and oxygen atoms in total. The van der Waals surface area contributed by atoms with Crippen molar-refractivity contribution in [1.29, 1.82) is 0 Å². The highest BCUT2D eigenvalue weighted by molar-refractivity contribution is 7.18. The molecule has 0 aromatic carbocycles. The number of hydrogen-bond donors (Lipinski definition) is 0. The van der Waals surface area contributed by atoms with E-state index in [1.807, 2.05) is 18.3 Å². The molecule has 1 saturated carbocycles. The van der Waals surface area contributed by atoms with Gasteiger partial charge in [-0.1, -0.05) is 6.42 Å². The largest absolute Gasteiger partial charge is 0.339 e. The number of carbonyl (C=O) groups excluding carboxylic acids is 1. The summed E-state index contributed by atoms with van der Waals surface area (Å²) in [4.78, 5) is 27.1. The van der Waals surface area contributed by atoms with E-state index in [9.17, 15) is 4.79 Å². The van der Waals surface area contributed by atoms with Crippen LogP contribution in [0.3, 0.4) is 0 Å². The predicted molar refractivity (Wildman–Crippen MR) is 109 cm³/mol. The molecule has 4 heterocycles. The van der Waals surface area contributed by atoms with Crippen LogP contribution in [0.2, 0.25) is 0 Å². The summed E-state index contributed by atoms with van der Waals surface area (Å²) in [6.45, 7) is 8.39. The molecule has 0 N–H and O–H groups in total. The molecule has 1 amide bonds. The second-order valence-corrected chi connectivity index (χ2v) is 9.35. The lowest BCUT2D eigenvalue weighted by molar-refractivity contribution is -0.135. The average Bonchev–Trinajstić information content (AvgIpc) is 2.97. The molecule has 0 spiro atoms. The van der Waals surface area contributed by atoms with Crippen LogP contribution in [0.25, 0.3) is 10.2 Å². The molecule has 27 heavy (non-hydrogen) atoms. The molecule has 1 aliphatic carbocycles. The predicted octanol–water partition coefficient (Wildman–Crippen LogP) is 2.66. The summed E-state index contributed by atoms with van der Waals surface area (Å²) in [6.07, 6.45) is 5.12. The molecule has 2 aromatic heterocycles. The molecule has 2 aromatic rings. The molecule has 0 atom stereocenters. The van der Waals surface area contributed by atoms with Crippen molar-refractivity contribution in [3.63, 3.8) is 0 Å². The molecule has 6 heteroatoms. The van der Waals surface area contributed by atoms with Crippen molar-refractivity contribution < 1.29 is 4.79 Å². The minimum atomic E-state index is 0.307. The van der Waals surface area contributed by atoms with Crippen molar-refractivity contribution in [2.24, 2.45) is 0 Å². The zero-order chi connectivity index (χ0) is 18.4. The van der Waals surface area contributed by atoms with Crippen LogP contribution >= 0.6 is 11.3 Å². The maximum absolute atomic E-state index is 12.8. The Bertz CT molecular complexity index is 851. The van der Waals surface area contributed by atoms with Gasteiger partial charge in [0, 0.05) is 61.3 Å². The Kier molecular flexibility index (Phi) is 4.66. The van der Waals surface area contributed by atoms with Crippen molar-refractivity contribution in [3.8, 4) is 0 Å². The van der Waals surface area contributed by atoms with Gasteiger partial charge < -0.3 is 4.90 Å². The fourth-order valence-electron chi connectivity index (χ4n) is 4.64. The maximum Gasteiger partial charge on any atom is 0.236 e. The number of pyridine rings is 1. The van der Waals surface area contributed by atoms with Crippen molar-refractivity contribution in [3.05, 3.63) is 28.3 Å². The molecule has 2 fully saturated rings. The van der Waals surface area contributed by atoms with Crippen LogP contribution in [-0.2, 0) is 17.8 Å². The van der Waals surface area contributed by atoms with E-state index >= 15 is 0 Å². The van der Waals surface area contributed by atoms with Crippen LogP contribution in [0.15, 0.2) is 12.1 Å². The lowest BCUT2D eigenvalue weighted by atomic mass is 9.91. The van der Waals surface area contributed by atoms with Gasteiger partial charge in [-0.3, -0.25) is 14.6 Å². The summed E-state index contributed by atoms with van der Waals surface area (Å²) in [7, 11) is 0. The Morgan fingerprint density at radius 1 is 1.19 bits per heavy atom. The lowest BCUT2D eigenvalue weighted by Crippen LogP contribution is -2.55. The highest BCUT2D eigenvalue weighted by atomic mass is 32.1. The van der Waals surface area contributed by atoms with Gasteiger partial charge in [-0.25, -0.2) is 4.98 Å². The topological polar surface area (TPSA) is 39.7 Å². The first-order valence-corrected chi connectivity index (χ1v) is 11.1. The molecule has 144 valence electrons. The van der Waals surface area contributed by atoms with Crippen LogP contribution < -0.4 is 0 Å². The number of aryl methyl sites for hydroxylation is 1. The summed E-state index contributed by atoms with van der Waals surface area (Å²) >= 11 is 1.81. The van der Waals surface area contributed by atoms with Gasteiger partial charge in [0.2, 0.25) is 5.91 Å². The SMILES string of the molecule is Cc1ccc2c3c(sc2n1)CN(CC(=O)N1CCN(C2CCC2)CC1)CC3. The molecule has 5 rings (SSSR count). The summed E-state index contributed by atoms with van der Waals surface area (Å²) in [5.74, 6) is 0.307. The van der Waals surface area contributed by atoms with Crippen LogP contribution in [0, 0.1) is 6.92 Å². The number of amides is 1. The molecule has 1 saturated heterocycles. The van der Waals surface area contributed by atoms with Crippen molar-refractivity contribution in [1.82, 2.24) is 19.7 Å². The second-order valence-electron chi connectivity index (χ2n) is 8.27. The van der Waals surface area contributed by atoms with Crippen LogP contribution in [0.1, 0.15) is 35.4 Å². The molecule has 3 aliphatic rings. The van der Waals surface area contributed by atoms with Gasteiger partial charge in [0.15, 0.2) is 0 Å². The number of rotatable bonds is 3. The summed E-state index contributed by atoms with van der Waals surface area (Å²) in [5.41, 5.74) is 2.54.